The van der Waals surface area contributed by atoms with Crippen molar-refractivity contribution in [3.05, 3.63) is 9.78 Å². The molecule has 0 radical (unpaired) electrons. The van der Waals surface area contributed by atoms with E-state index >= 15 is 0 Å². The van der Waals surface area contributed by atoms with Gasteiger partial charge in [0.1, 0.15) is 0 Å². The van der Waals surface area contributed by atoms with Crippen LogP contribution in [0.1, 0.15) is 0 Å². The van der Waals surface area contributed by atoms with Crippen molar-refractivity contribution in [2.75, 3.05) is 14.1 Å². The standard InChI is InChI=1S/C5H8INO/c1-7(2)3-5(6)4-8/h3-4H,1-2H3. The lowest BCUT2D eigenvalue weighted by Gasteiger charge is -2.01. The van der Waals surface area contributed by atoms with Crippen LogP contribution < -0.4 is 0 Å². The number of halogens is 1. The first kappa shape index (κ1) is 7.94. The molecule has 0 aliphatic heterocycles. The van der Waals surface area contributed by atoms with Gasteiger partial charge in [-0.3, -0.25) is 4.79 Å². The minimum absolute atomic E-state index is 0.715. The lowest BCUT2D eigenvalue weighted by atomic mass is 10.6. The molecule has 0 aromatic carbocycles. The highest BCUT2D eigenvalue weighted by molar-refractivity contribution is 14.1. The number of rotatable bonds is 2. The van der Waals surface area contributed by atoms with Crippen LogP contribution in [-0.2, 0) is 4.79 Å². The van der Waals surface area contributed by atoms with Gasteiger partial charge in [0, 0.05) is 20.3 Å². The normalized spacial score (nSPS) is 11.1. The Morgan fingerprint density at radius 3 is 2.25 bits per heavy atom. The van der Waals surface area contributed by atoms with Crippen molar-refractivity contribution in [1.29, 1.82) is 0 Å². The number of carbonyl (C=O) groups excluding carboxylic acids is 1. The second kappa shape index (κ2) is 3.88. The summed E-state index contributed by atoms with van der Waals surface area (Å²) in [5.74, 6) is 0. The largest absolute Gasteiger partial charge is 0.383 e. The van der Waals surface area contributed by atoms with Crippen LogP contribution in [0.15, 0.2) is 9.78 Å². The molecule has 0 unspecified atom stereocenters. The van der Waals surface area contributed by atoms with Crippen LogP contribution in [0.3, 0.4) is 0 Å². The molecule has 0 aromatic rings. The average Bonchev–Trinajstić information content (AvgIpc) is 1.65. The van der Waals surface area contributed by atoms with Crippen molar-refractivity contribution >= 4 is 28.9 Å². The third kappa shape index (κ3) is 4.11. The van der Waals surface area contributed by atoms with Gasteiger partial charge >= 0.3 is 0 Å². The summed E-state index contributed by atoms with van der Waals surface area (Å²) < 4.78 is 0.715. The van der Waals surface area contributed by atoms with Crippen LogP contribution in [-0.4, -0.2) is 25.3 Å². The zero-order valence-corrected chi connectivity index (χ0v) is 7.05. The summed E-state index contributed by atoms with van der Waals surface area (Å²) in [6.07, 6.45) is 2.58. The van der Waals surface area contributed by atoms with E-state index < -0.39 is 0 Å². The third-order valence-corrected chi connectivity index (χ3v) is 1.03. The molecule has 8 heavy (non-hydrogen) atoms. The van der Waals surface area contributed by atoms with Crippen molar-refractivity contribution in [3.8, 4) is 0 Å². The van der Waals surface area contributed by atoms with Crippen molar-refractivity contribution in [3.63, 3.8) is 0 Å². The van der Waals surface area contributed by atoms with E-state index in [2.05, 4.69) is 0 Å². The second-order valence-corrected chi connectivity index (χ2v) is 2.84. The van der Waals surface area contributed by atoms with Crippen LogP contribution in [0, 0.1) is 0 Å². The van der Waals surface area contributed by atoms with Gasteiger partial charge in [0.05, 0.1) is 3.58 Å². The molecule has 0 spiro atoms. The van der Waals surface area contributed by atoms with Gasteiger partial charge in [-0.05, 0) is 22.6 Å². The van der Waals surface area contributed by atoms with Gasteiger partial charge in [0.15, 0.2) is 6.29 Å². The highest BCUT2D eigenvalue weighted by Crippen LogP contribution is 2.00. The summed E-state index contributed by atoms with van der Waals surface area (Å²) in [6.45, 7) is 0. The molecule has 0 aliphatic carbocycles. The lowest BCUT2D eigenvalue weighted by molar-refractivity contribution is -0.104. The van der Waals surface area contributed by atoms with E-state index in [4.69, 9.17) is 0 Å². The molecule has 0 aromatic heterocycles. The van der Waals surface area contributed by atoms with Crippen LogP contribution in [0.25, 0.3) is 0 Å². The van der Waals surface area contributed by atoms with Gasteiger partial charge in [0.2, 0.25) is 0 Å². The molecule has 0 fully saturated rings. The molecule has 2 nitrogen and oxygen atoms in total. The topological polar surface area (TPSA) is 20.3 Å². The zero-order valence-electron chi connectivity index (χ0n) is 4.89. The average molecular weight is 225 g/mol. The molecule has 0 amide bonds. The number of aldehydes is 1. The van der Waals surface area contributed by atoms with Gasteiger partial charge in [-0.25, -0.2) is 0 Å². The predicted molar refractivity (Wildman–Crippen MR) is 41.9 cm³/mol. The van der Waals surface area contributed by atoms with E-state index in [1.165, 1.54) is 0 Å². The molecular formula is C5H8INO. The van der Waals surface area contributed by atoms with Crippen LogP contribution in [0.2, 0.25) is 0 Å². The monoisotopic (exact) mass is 225 g/mol. The molecule has 0 bridgehead atoms. The number of allylic oxidation sites excluding steroid dienone is 1. The quantitative estimate of drug-likeness (QED) is 0.397. The molecule has 46 valence electrons. The van der Waals surface area contributed by atoms with Crippen LogP contribution >= 0.6 is 22.6 Å². The van der Waals surface area contributed by atoms with Gasteiger partial charge in [-0.1, -0.05) is 0 Å². The Bertz CT molecular complexity index is 109. The Morgan fingerprint density at radius 2 is 2.12 bits per heavy atom. The fourth-order valence-corrected chi connectivity index (χ4v) is 0.834. The van der Waals surface area contributed by atoms with Crippen LogP contribution in [0.5, 0.6) is 0 Å². The lowest BCUT2D eigenvalue weighted by Crippen LogP contribution is -2.01. The number of hydrogen-bond donors (Lipinski definition) is 0. The van der Waals surface area contributed by atoms with Crippen molar-refractivity contribution in [2.45, 2.75) is 0 Å². The summed E-state index contributed by atoms with van der Waals surface area (Å²) in [6, 6.07) is 0. The Labute approximate surface area is 62.7 Å². The molecule has 0 N–H and O–H groups in total. The predicted octanol–water partition coefficient (Wildman–Crippen LogP) is 1.02. The molecular weight excluding hydrogens is 217 g/mol. The molecule has 0 aliphatic rings. The summed E-state index contributed by atoms with van der Waals surface area (Å²) in [5, 5.41) is 0. The number of nitrogens with zero attached hydrogens (tertiary/aromatic N) is 1. The minimum atomic E-state index is 0.715. The third-order valence-electron chi connectivity index (χ3n) is 0.494. The van der Waals surface area contributed by atoms with Gasteiger partial charge < -0.3 is 4.90 Å². The maximum absolute atomic E-state index is 9.94. The van der Waals surface area contributed by atoms with Crippen molar-refractivity contribution in [1.82, 2.24) is 4.90 Å². The fourth-order valence-electron chi connectivity index (χ4n) is 0.277. The Kier molecular flexibility index (Phi) is 3.85. The van der Waals surface area contributed by atoms with Crippen molar-refractivity contribution in [2.24, 2.45) is 0 Å². The Hall–Kier alpha value is -0.0600. The van der Waals surface area contributed by atoms with E-state index in [9.17, 15) is 4.79 Å². The van der Waals surface area contributed by atoms with E-state index in [0.29, 0.717) is 3.58 Å². The maximum atomic E-state index is 9.94. The molecule has 0 heterocycles. The van der Waals surface area contributed by atoms with Gasteiger partial charge in [-0.15, -0.1) is 0 Å². The Balaban J connectivity index is 3.74. The highest BCUT2D eigenvalue weighted by Gasteiger charge is 1.84. The van der Waals surface area contributed by atoms with E-state index in [-0.39, 0.29) is 0 Å². The van der Waals surface area contributed by atoms with E-state index in [1.807, 2.05) is 41.6 Å². The fraction of sp³-hybridized carbons (Fsp3) is 0.400. The minimum Gasteiger partial charge on any atom is -0.383 e. The Morgan fingerprint density at radius 1 is 1.62 bits per heavy atom. The zero-order chi connectivity index (χ0) is 6.57. The first-order valence-electron chi connectivity index (χ1n) is 2.15. The molecule has 0 saturated carbocycles. The molecule has 0 atom stereocenters. The summed E-state index contributed by atoms with van der Waals surface area (Å²) in [7, 11) is 3.75. The van der Waals surface area contributed by atoms with Gasteiger partial charge in [-0.2, -0.15) is 0 Å². The summed E-state index contributed by atoms with van der Waals surface area (Å²) in [4.78, 5) is 11.8. The second-order valence-electron chi connectivity index (χ2n) is 1.60. The van der Waals surface area contributed by atoms with E-state index in [1.54, 1.807) is 6.20 Å². The van der Waals surface area contributed by atoms with E-state index in [0.717, 1.165) is 6.29 Å². The molecule has 0 rings (SSSR count). The van der Waals surface area contributed by atoms with Crippen molar-refractivity contribution < 1.29 is 4.79 Å². The highest BCUT2D eigenvalue weighted by atomic mass is 127. The maximum Gasteiger partial charge on any atom is 0.157 e. The molecule has 0 saturated heterocycles. The smallest absolute Gasteiger partial charge is 0.157 e. The number of hydrogen-bond acceptors (Lipinski definition) is 2. The number of carbonyl (C=O) groups is 1. The molecule has 3 heteroatoms. The SMILES string of the molecule is CN(C)C=C(I)C=O. The van der Waals surface area contributed by atoms with Gasteiger partial charge in [0.25, 0.3) is 0 Å². The summed E-state index contributed by atoms with van der Waals surface area (Å²) in [5.41, 5.74) is 0. The summed E-state index contributed by atoms with van der Waals surface area (Å²) >= 11 is 1.97. The van der Waals surface area contributed by atoms with Crippen LogP contribution in [0.4, 0.5) is 0 Å². The first-order chi connectivity index (χ1) is 3.66. The first-order valence-corrected chi connectivity index (χ1v) is 3.23.